The molecule has 158 valence electrons. The van der Waals surface area contributed by atoms with Crippen LogP contribution in [0.5, 0.6) is 11.5 Å². The van der Waals surface area contributed by atoms with Crippen molar-refractivity contribution in [1.82, 2.24) is 9.88 Å². The van der Waals surface area contributed by atoms with Crippen LogP contribution in [-0.4, -0.2) is 36.6 Å². The van der Waals surface area contributed by atoms with Crippen molar-refractivity contribution >= 4 is 49.8 Å². The maximum Gasteiger partial charge on any atom is 0.264 e. The summed E-state index contributed by atoms with van der Waals surface area (Å²) in [5, 5.41) is 2.27. The number of amides is 1. The summed E-state index contributed by atoms with van der Waals surface area (Å²) in [6, 6.07) is 13.7. The minimum atomic E-state index is -0.0772. The number of hydrogen-bond acceptors (Lipinski definition) is 5. The van der Waals surface area contributed by atoms with Gasteiger partial charge in [-0.25, -0.2) is 4.98 Å². The molecule has 0 bridgehead atoms. The van der Waals surface area contributed by atoms with Crippen LogP contribution in [-0.2, 0) is 6.42 Å². The van der Waals surface area contributed by atoms with Crippen molar-refractivity contribution in [3.05, 3.63) is 63.6 Å². The fourth-order valence-corrected chi connectivity index (χ4v) is 5.79. The van der Waals surface area contributed by atoms with Crippen LogP contribution < -0.4 is 9.47 Å². The summed E-state index contributed by atoms with van der Waals surface area (Å²) >= 11 is 7.92. The normalized spacial score (nSPS) is 15.9. The van der Waals surface area contributed by atoms with Crippen LogP contribution in [0.4, 0.5) is 0 Å². The molecule has 5 nitrogen and oxygen atoms in total. The second-order valence-corrected chi connectivity index (χ2v) is 9.01. The second kappa shape index (κ2) is 7.70. The van der Waals surface area contributed by atoms with Gasteiger partial charge in [-0.3, -0.25) is 4.79 Å². The predicted octanol–water partition coefficient (Wildman–Crippen LogP) is 5.88. The number of rotatable bonds is 3. The van der Waals surface area contributed by atoms with E-state index in [2.05, 4.69) is 11.9 Å². The van der Waals surface area contributed by atoms with Gasteiger partial charge in [-0.15, -0.1) is 11.3 Å². The molecule has 1 aliphatic heterocycles. The van der Waals surface area contributed by atoms with Crippen molar-refractivity contribution in [3.63, 3.8) is 0 Å². The molecular weight excluding hydrogens is 432 g/mol. The van der Waals surface area contributed by atoms with Gasteiger partial charge in [0, 0.05) is 22.0 Å². The van der Waals surface area contributed by atoms with Crippen LogP contribution >= 0.6 is 22.9 Å². The van der Waals surface area contributed by atoms with Crippen molar-refractivity contribution in [3.8, 4) is 11.5 Å². The van der Waals surface area contributed by atoms with Crippen molar-refractivity contribution < 1.29 is 14.3 Å². The van der Waals surface area contributed by atoms with E-state index < -0.39 is 0 Å². The lowest BCUT2D eigenvalue weighted by Crippen LogP contribution is -2.38. The zero-order chi connectivity index (χ0) is 21.7. The first-order valence-corrected chi connectivity index (χ1v) is 11.2. The number of para-hydroxylation sites is 1. The third kappa shape index (κ3) is 3.22. The van der Waals surface area contributed by atoms with E-state index in [1.807, 2.05) is 47.4 Å². The van der Waals surface area contributed by atoms with Crippen LogP contribution in [0.15, 0.2) is 42.5 Å². The molecule has 2 aromatic carbocycles. The molecule has 0 unspecified atom stereocenters. The Morgan fingerprint density at radius 3 is 2.65 bits per heavy atom. The molecule has 4 aromatic rings. The molecule has 1 amide bonds. The predicted molar refractivity (Wildman–Crippen MR) is 125 cm³/mol. The lowest BCUT2D eigenvalue weighted by molar-refractivity contribution is 0.0682. The van der Waals surface area contributed by atoms with Crippen molar-refractivity contribution in [2.45, 2.75) is 19.4 Å². The number of pyridine rings is 1. The summed E-state index contributed by atoms with van der Waals surface area (Å²) in [6.45, 7) is 2.70. The van der Waals surface area contributed by atoms with E-state index in [1.54, 1.807) is 14.2 Å². The van der Waals surface area contributed by atoms with Crippen molar-refractivity contribution in [2.75, 3.05) is 20.8 Å². The number of thiophene rings is 1. The maximum atomic E-state index is 13.5. The zero-order valence-electron chi connectivity index (χ0n) is 17.4. The van der Waals surface area contributed by atoms with E-state index in [-0.39, 0.29) is 11.9 Å². The van der Waals surface area contributed by atoms with E-state index in [0.29, 0.717) is 28.1 Å². The Hall–Kier alpha value is -2.83. The maximum absolute atomic E-state index is 13.5. The Labute approximate surface area is 189 Å². The number of fused-ring (bicyclic) bond motifs is 4. The summed E-state index contributed by atoms with van der Waals surface area (Å²) in [5.41, 5.74) is 3.11. The zero-order valence-corrected chi connectivity index (χ0v) is 19.0. The second-order valence-electron chi connectivity index (χ2n) is 7.60. The topological polar surface area (TPSA) is 51.7 Å². The summed E-state index contributed by atoms with van der Waals surface area (Å²) < 4.78 is 11.9. The smallest absolute Gasteiger partial charge is 0.264 e. The summed E-state index contributed by atoms with van der Waals surface area (Å²) in [7, 11) is 3.26. The van der Waals surface area contributed by atoms with Gasteiger partial charge in [-0.05, 0) is 48.7 Å². The Morgan fingerprint density at radius 2 is 1.87 bits per heavy atom. The standard InChI is InChI=1S/C24H21ClN2O3S/c1-13-16-11-20(30-3)19(29-2)10-14(16)8-9-27(13)24(28)21-12-17-22(31-21)15-6-4-5-7-18(15)26-23(17)25/h4-7,10-13H,8-9H2,1-3H3/t13-/m0/s1. The first kappa shape index (κ1) is 20.1. The number of aromatic nitrogens is 1. The van der Waals surface area contributed by atoms with Crippen LogP contribution in [0, 0.1) is 0 Å². The largest absolute Gasteiger partial charge is 0.493 e. The highest BCUT2D eigenvalue weighted by Crippen LogP contribution is 2.40. The van der Waals surface area contributed by atoms with Gasteiger partial charge in [0.25, 0.3) is 5.91 Å². The molecule has 0 saturated heterocycles. The molecule has 31 heavy (non-hydrogen) atoms. The quantitative estimate of drug-likeness (QED) is 0.364. The molecule has 0 spiro atoms. The van der Waals surface area contributed by atoms with Crippen molar-refractivity contribution in [1.29, 1.82) is 0 Å². The highest BCUT2D eigenvalue weighted by molar-refractivity contribution is 7.21. The highest BCUT2D eigenvalue weighted by atomic mass is 35.5. The monoisotopic (exact) mass is 452 g/mol. The Bertz CT molecular complexity index is 1330. The molecule has 3 heterocycles. The summed E-state index contributed by atoms with van der Waals surface area (Å²) in [6.07, 6.45) is 0.766. The van der Waals surface area contributed by atoms with E-state index in [1.165, 1.54) is 16.9 Å². The minimum Gasteiger partial charge on any atom is -0.493 e. The lowest BCUT2D eigenvalue weighted by atomic mass is 9.92. The number of carbonyl (C=O) groups is 1. The van der Waals surface area contributed by atoms with E-state index in [4.69, 9.17) is 21.1 Å². The van der Waals surface area contributed by atoms with Gasteiger partial charge in [-0.1, -0.05) is 29.8 Å². The average molecular weight is 453 g/mol. The van der Waals surface area contributed by atoms with E-state index >= 15 is 0 Å². The lowest BCUT2D eigenvalue weighted by Gasteiger charge is -2.35. The van der Waals surface area contributed by atoms with Gasteiger partial charge in [0.05, 0.1) is 30.7 Å². The fraction of sp³-hybridized carbons (Fsp3) is 0.250. The molecule has 1 atom stereocenters. The van der Waals surface area contributed by atoms with Gasteiger partial charge in [0.2, 0.25) is 0 Å². The number of hydrogen-bond donors (Lipinski definition) is 0. The SMILES string of the molecule is COc1cc2c(cc1OC)[C@H](C)N(C(=O)c1cc3c(Cl)nc4ccccc4c3s1)CC2. The van der Waals surface area contributed by atoms with Gasteiger partial charge in [-0.2, -0.15) is 0 Å². The Balaban J connectivity index is 1.54. The fourth-order valence-electron chi connectivity index (χ4n) is 4.34. The van der Waals surface area contributed by atoms with Crippen LogP contribution in [0.3, 0.4) is 0 Å². The molecule has 5 rings (SSSR count). The van der Waals surface area contributed by atoms with Crippen LogP contribution in [0.2, 0.25) is 5.15 Å². The molecule has 0 fully saturated rings. The molecule has 2 aromatic heterocycles. The third-order valence-corrected chi connectivity index (χ3v) is 7.42. The number of carbonyl (C=O) groups excluding carboxylic acids is 1. The average Bonchev–Trinajstić information content (AvgIpc) is 3.25. The molecule has 7 heteroatoms. The van der Waals surface area contributed by atoms with Gasteiger partial charge >= 0.3 is 0 Å². The number of benzene rings is 2. The van der Waals surface area contributed by atoms with E-state index in [0.717, 1.165) is 33.0 Å². The van der Waals surface area contributed by atoms with E-state index in [9.17, 15) is 4.79 Å². The van der Waals surface area contributed by atoms with Gasteiger partial charge < -0.3 is 14.4 Å². The molecule has 0 N–H and O–H groups in total. The molecular formula is C24H21ClN2O3S. The Kier molecular flexibility index (Phi) is 4.99. The number of nitrogens with zero attached hydrogens (tertiary/aromatic N) is 2. The van der Waals surface area contributed by atoms with Crippen LogP contribution in [0.1, 0.15) is 33.8 Å². The minimum absolute atomic E-state index is 0.00860. The molecule has 0 radical (unpaired) electrons. The molecule has 0 aliphatic carbocycles. The number of ether oxygens (including phenoxy) is 2. The van der Waals surface area contributed by atoms with Gasteiger partial charge in [0.15, 0.2) is 11.5 Å². The number of methoxy groups -OCH3 is 2. The van der Waals surface area contributed by atoms with Crippen molar-refractivity contribution in [2.24, 2.45) is 0 Å². The Morgan fingerprint density at radius 1 is 1.13 bits per heavy atom. The first-order valence-electron chi connectivity index (χ1n) is 10.1. The van der Waals surface area contributed by atoms with Gasteiger partial charge in [0.1, 0.15) is 5.15 Å². The first-order chi connectivity index (χ1) is 15.0. The third-order valence-electron chi connectivity index (χ3n) is 5.98. The molecule has 1 aliphatic rings. The molecule has 0 saturated carbocycles. The highest BCUT2D eigenvalue weighted by Gasteiger charge is 2.31. The summed E-state index contributed by atoms with van der Waals surface area (Å²) in [4.78, 5) is 20.6. The van der Waals surface area contributed by atoms with Crippen LogP contribution in [0.25, 0.3) is 21.0 Å². The summed E-state index contributed by atoms with van der Waals surface area (Å²) in [5.74, 6) is 1.40. The number of halogens is 1.